The molecule has 3 aliphatic heterocycles. The van der Waals surface area contributed by atoms with Gasteiger partial charge in [0.25, 0.3) is 0 Å². The summed E-state index contributed by atoms with van der Waals surface area (Å²) in [4.78, 5) is 174. The molecule has 3 heterocycles. The van der Waals surface area contributed by atoms with Gasteiger partial charge >= 0.3 is 23.9 Å². The zero-order chi connectivity index (χ0) is 86.0. The van der Waals surface area contributed by atoms with Crippen molar-refractivity contribution in [2.24, 2.45) is 40.9 Å². The summed E-state index contributed by atoms with van der Waals surface area (Å²) in [6.07, 6.45) is 6.51. The lowest BCUT2D eigenvalue weighted by atomic mass is 9.82. The molecule has 0 aliphatic carbocycles. The summed E-state index contributed by atoms with van der Waals surface area (Å²) in [6, 6.07) is -1.25. The molecule has 0 bridgehead atoms. The fraction of sp³-hybridized carbons (Fsp3) is 0.833. The first-order chi connectivity index (χ1) is 55.2. The van der Waals surface area contributed by atoms with Crippen LogP contribution in [0.2, 0.25) is 0 Å². The third-order valence-electron chi connectivity index (χ3n) is 21.8. The van der Waals surface area contributed by atoms with Crippen LogP contribution in [0.25, 0.3) is 0 Å². The van der Waals surface area contributed by atoms with Crippen LogP contribution >= 0.6 is 0 Å². The van der Waals surface area contributed by atoms with Crippen molar-refractivity contribution in [3.05, 3.63) is 0 Å². The topological polar surface area (TPSA) is 430 Å². The first-order valence-electron chi connectivity index (χ1n) is 42.3. The third-order valence-corrected chi connectivity index (χ3v) is 21.8. The third kappa shape index (κ3) is 44.9. The van der Waals surface area contributed by atoms with E-state index in [0.717, 1.165) is 0 Å². The maximum absolute atomic E-state index is 13.8. The number of carbonyl (C=O) groups is 14. The zero-order valence-electron chi connectivity index (χ0n) is 71.4. The van der Waals surface area contributed by atoms with E-state index in [-0.39, 0.29) is 244 Å². The summed E-state index contributed by atoms with van der Waals surface area (Å²) in [5.41, 5.74) is -1.16. The lowest BCUT2D eigenvalue weighted by molar-refractivity contribution is -0.244. The van der Waals surface area contributed by atoms with Crippen LogP contribution in [0.3, 0.4) is 0 Å². The van der Waals surface area contributed by atoms with Crippen LogP contribution in [0.4, 0.5) is 0 Å². The molecule has 0 aromatic heterocycles. The molecule has 15 atom stereocenters. The van der Waals surface area contributed by atoms with Crippen molar-refractivity contribution in [1.29, 1.82) is 0 Å². The molecular formula is C84H141N5O27. The van der Waals surface area contributed by atoms with Crippen molar-refractivity contribution in [1.82, 2.24) is 26.6 Å². The number of esters is 3. The van der Waals surface area contributed by atoms with Crippen LogP contribution in [-0.4, -0.2) is 235 Å². The Labute approximate surface area is 686 Å². The number of carboxylic acid groups (broad SMARTS) is 1. The summed E-state index contributed by atoms with van der Waals surface area (Å²) < 4.78 is 70.9. The second-order valence-electron chi connectivity index (χ2n) is 31.9. The first-order valence-corrected chi connectivity index (χ1v) is 42.3. The van der Waals surface area contributed by atoms with Crippen molar-refractivity contribution >= 4 is 82.3 Å². The Hall–Kier alpha value is -6.78. The molecule has 15 unspecified atom stereocenters. The van der Waals surface area contributed by atoms with Gasteiger partial charge in [0, 0.05) is 163 Å². The lowest BCUT2D eigenvalue weighted by Crippen LogP contribution is -2.58. The van der Waals surface area contributed by atoms with E-state index in [1.54, 1.807) is 0 Å². The highest BCUT2D eigenvalue weighted by Crippen LogP contribution is 2.36. The normalized spacial score (nSPS) is 23.7. The molecule has 3 fully saturated rings. The quantitative estimate of drug-likeness (QED) is 0.0189. The Morgan fingerprint density at radius 1 is 0.319 bits per heavy atom. The van der Waals surface area contributed by atoms with E-state index >= 15 is 0 Å². The number of carbonyl (C=O) groups excluding carboxylic acids is 13. The van der Waals surface area contributed by atoms with Crippen LogP contribution in [0.1, 0.15) is 263 Å². The molecule has 116 heavy (non-hydrogen) atoms. The molecule has 5 amide bonds. The smallest absolute Gasteiger partial charge is 0.303 e. The van der Waals surface area contributed by atoms with Gasteiger partial charge in [0.2, 0.25) is 29.5 Å². The predicted octanol–water partition coefficient (Wildman–Crippen LogP) is 8.35. The molecule has 0 saturated carbocycles. The first kappa shape index (κ1) is 103. The average Bonchev–Trinajstić information content (AvgIpc) is 0.816. The monoisotopic (exact) mass is 1650 g/mol. The van der Waals surface area contributed by atoms with Gasteiger partial charge in [0.1, 0.15) is 48.7 Å². The van der Waals surface area contributed by atoms with Gasteiger partial charge in [-0.1, -0.05) is 54.4 Å². The van der Waals surface area contributed by atoms with E-state index in [9.17, 15) is 72.2 Å². The van der Waals surface area contributed by atoms with Gasteiger partial charge in [0.15, 0.2) is 18.9 Å². The highest BCUT2D eigenvalue weighted by atomic mass is 16.7. The van der Waals surface area contributed by atoms with E-state index in [4.69, 9.17) is 56.8 Å². The minimum absolute atomic E-state index is 0.000551. The van der Waals surface area contributed by atoms with Crippen molar-refractivity contribution in [3.8, 4) is 0 Å². The molecule has 32 heteroatoms. The van der Waals surface area contributed by atoms with E-state index in [2.05, 4.69) is 26.6 Å². The Kier molecular flexibility index (Phi) is 52.6. The molecule has 0 radical (unpaired) electrons. The van der Waals surface area contributed by atoms with Gasteiger partial charge in [-0.05, 0) is 119 Å². The van der Waals surface area contributed by atoms with Crippen molar-refractivity contribution in [2.75, 3.05) is 92.4 Å². The van der Waals surface area contributed by atoms with Gasteiger partial charge in [-0.2, -0.15) is 0 Å². The number of unbranched alkanes of at least 4 members (excludes halogenated alkanes) is 8. The summed E-state index contributed by atoms with van der Waals surface area (Å²) in [7, 11) is 0. The second-order valence-corrected chi connectivity index (χ2v) is 31.9. The van der Waals surface area contributed by atoms with Crippen LogP contribution in [-0.2, 0) is 124 Å². The number of carboxylic acids is 1. The fourth-order valence-electron chi connectivity index (χ4n) is 14.3. The van der Waals surface area contributed by atoms with E-state index in [0.29, 0.717) is 122 Å². The number of ether oxygens (including phenoxy) is 12. The fourth-order valence-corrected chi connectivity index (χ4v) is 14.3. The average molecular weight is 1650 g/mol. The van der Waals surface area contributed by atoms with Crippen molar-refractivity contribution in [3.63, 3.8) is 0 Å². The van der Waals surface area contributed by atoms with Gasteiger partial charge < -0.3 is 88.5 Å². The molecule has 0 aromatic carbocycles. The number of hydrogen-bond donors (Lipinski definition) is 6. The number of rotatable bonds is 65. The van der Waals surface area contributed by atoms with E-state index < -0.39 is 84.6 Å². The Balaban J connectivity index is 1.53. The standard InChI is InChI=1S/C84H141N5O27/c1-55-58(4)78(87-61(7)90)81(114-72(55)49-111-64(10)93)108-42-24-21-32-67(96)28-15-13-17-30-69(98)37-45-105-52-84(48-71(100)34-19-20-36-77(103)104,53-106-46-38-70(99)31-18-14-16-29-68(97)33-22-25-43-109-82-79(88-62(8)91)59(5)56(2)73(115-82)50-112-65(11)94)54-107-47-39-76(102)86-41-27-40-85-75(101)35-23-26-44-110-83-80(89-63(9)92)60(6)57(3)74(116-83)51-113-66(12)95/h55-60,72-74,78-83H,13-54H2,1-12H3,(H,85,101)(H,86,102)(H,87,90)(H,88,91)(H,89,92)(H,103,104). The van der Waals surface area contributed by atoms with Gasteiger partial charge in [-0.15, -0.1) is 0 Å². The molecule has 32 nitrogen and oxygen atoms in total. The highest BCUT2D eigenvalue weighted by Gasteiger charge is 2.46. The summed E-state index contributed by atoms with van der Waals surface area (Å²) in [5.74, 6) is -3.80. The maximum Gasteiger partial charge on any atom is 0.303 e. The summed E-state index contributed by atoms with van der Waals surface area (Å²) >= 11 is 0. The molecule has 664 valence electrons. The molecule has 3 saturated heterocycles. The van der Waals surface area contributed by atoms with Gasteiger partial charge in [0.05, 0.1) is 76.1 Å². The van der Waals surface area contributed by atoms with Crippen molar-refractivity contribution < 1.29 is 129 Å². The van der Waals surface area contributed by atoms with E-state index in [1.807, 2.05) is 41.5 Å². The number of ketones is 5. The SMILES string of the molecule is CC(=O)NC1C(OCCCCC(=O)CCCCCC(=O)CCOCC(COCCC(=O)CCCCCC(=O)CCCCOC2OC(COC(C)=O)C(C)C(C)C2NC(C)=O)(COCCC(=O)NCCCNC(=O)CCCCOC2OC(COC(C)=O)C(C)C(C)C2NC(C)=O)CC(=O)CCCCC(=O)O)OC(COC(C)=O)C(C)C1C. The number of aliphatic carboxylic acids is 1. The van der Waals surface area contributed by atoms with Crippen LogP contribution < -0.4 is 26.6 Å². The zero-order valence-corrected chi connectivity index (χ0v) is 71.4. The molecule has 0 aromatic rings. The van der Waals surface area contributed by atoms with Crippen LogP contribution in [0.5, 0.6) is 0 Å². The van der Waals surface area contributed by atoms with Gasteiger partial charge in [-0.3, -0.25) is 67.1 Å². The van der Waals surface area contributed by atoms with Gasteiger partial charge in [-0.25, -0.2) is 0 Å². The number of hydrogen-bond acceptors (Lipinski definition) is 26. The predicted molar refractivity (Wildman–Crippen MR) is 424 cm³/mol. The number of amides is 5. The minimum Gasteiger partial charge on any atom is -0.481 e. The second kappa shape index (κ2) is 59.0. The molecule has 3 rings (SSSR count). The molecule has 0 spiro atoms. The van der Waals surface area contributed by atoms with Crippen LogP contribution in [0, 0.1) is 40.9 Å². The lowest BCUT2D eigenvalue weighted by Gasteiger charge is -2.44. The Morgan fingerprint density at radius 3 is 0.931 bits per heavy atom. The number of Topliss-reactive ketones (excluding diaryl/α,β-unsaturated/α-hetero) is 5. The molecule has 6 N–H and O–H groups in total. The van der Waals surface area contributed by atoms with Crippen molar-refractivity contribution in [2.45, 2.75) is 318 Å². The Morgan fingerprint density at radius 2 is 0.603 bits per heavy atom. The maximum atomic E-state index is 13.8. The van der Waals surface area contributed by atoms with Crippen LogP contribution in [0.15, 0.2) is 0 Å². The number of nitrogens with one attached hydrogen (secondary N) is 5. The minimum atomic E-state index is -1.16. The Bertz CT molecular complexity index is 2720. The highest BCUT2D eigenvalue weighted by molar-refractivity contribution is 5.81. The summed E-state index contributed by atoms with van der Waals surface area (Å²) in [5, 5.41) is 23.8. The summed E-state index contributed by atoms with van der Waals surface area (Å²) in [6.45, 7) is 21.3. The largest absolute Gasteiger partial charge is 0.481 e. The van der Waals surface area contributed by atoms with E-state index in [1.165, 1.54) is 41.5 Å². The molecule has 3 aliphatic rings. The molecular weight excluding hydrogens is 1510 g/mol.